The van der Waals surface area contributed by atoms with Gasteiger partial charge in [0.1, 0.15) is 5.82 Å². The van der Waals surface area contributed by atoms with Gasteiger partial charge in [0.2, 0.25) is 5.95 Å². The third kappa shape index (κ3) is 7.70. The van der Waals surface area contributed by atoms with Crippen LogP contribution in [0.1, 0.15) is 102 Å². The van der Waals surface area contributed by atoms with Gasteiger partial charge < -0.3 is 0 Å². The number of unbranched alkanes of at least 4 members (excludes halogenated alkanes) is 4. The largest absolute Gasteiger partial charge is 0.241 e. The zero-order valence-electron chi connectivity index (χ0n) is 19.7. The predicted octanol–water partition coefficient (Wildman–Crippen LogP) is 8.33. The topological polar surface area (TPSA) is 25.8 Å². The molecule has 0 amide bonds. The Hall–Kier alpha value is -1.77. The molecule has 1 heterocycles. The molecule has 1 saturated carbocycles. The number of rotatable bonds is 12. The molecule has 2 nitrogen and oxygen atoms in total. The van der Waals surface area contributed by atoms with E-state index in [4.69, 9.17) is 0 Å². The van der Waals surface area contributed by atoms with E-state index in [-0.39, 0.29) is 5.95 Å². The Morgan fingerprint density at radius 3 is 2.13 bits per heavy atom. The van der Waals surface area contributed by atoms with Crippen LogP contribution < -0.4 is 0 Å². The average molecular weight is 425 g/mol. The second-order valence-electron chi connectivity index (χ2n) is 9.57. The van der Waals surface area contributed by atoms with Gasteiger partial charge in [-0.2, -0.15) is 4.39 Å². The smallest absolute Gasteiger partial charge is 0.224 e. The van der Waals surface area contributed by atoms with Crippen LogP contribution in [0.25, 0.3) is 11.1 Å². The summed E-state index contributed by atoms with van der Waals surface area (Å²) < 4.78 is 14.7. The molecular weight excluding hydrogens is 383 g/mol. The zero-order chi connectivity index (χ0) is 21.9. The molecule has 1 aromatic carbocycles. The molecule has 0 unspecified atom stereocenters. The van der Waals surface area contributed by atoms with Crippen LogP contribution in [0.4, 0.5) is 4.39 Å². The van der Waals surface area contributed by atoms with Crippen LogP contribution >= 0.6 is 0 Å². The standard InChI is InChI=1S/C28H41FN2/c1-3-5-6-7-8-10-23-15-18-25(19-16-23)26-21-30-27(31-28(26)29)20-17-24-13-11-22(9-4-2)12-14-24/h15-16,18-19,21-22,24H,3-14,17,20H2,1-2H3/t22-,24-. The van der Waals surface area contributed by atoms with Crippen molar-refractivity contribution in [2.75, 3.05) is 0 Å². The summed E-state index contributed by atoms with van der Waals surface area (Å²) in [6, 6.07) is 8.27. The maximum absolute atomic E-state index is 14.7. The average Bonchev–Trinajstić information content (AvgIpc) is 2.79. The van der Waals surface area contributed by atoms with E-state index in [1.54, 1.807) is 6.20 Å². The Kier molecular flexibility index (Phi) is 9.96. The van der Waals surface area contributed by atoms with Crippen LogP contribution in [-0.2, 0) is 12.8 Å². The number of aromatic nitrogens is 2. The van der Waals surface area contributed by atoms with Crippen molar-refractivity contribution in [2.24, 2.45) is 11.8 Å². The van der Waals surface area contributed by atoms with Crippen LogP contribution in [0.3, 0.4) is 0 Å². The van der Waals surface area contributed by atoms with E-state index < -0.39 is 0 Å². The SMILES string of the molecule is CCCCCCCc1ccc(-c2cnc(CC[C@H]3CC[C@H](CCC)CC3)nc2F)cc1. The van der Waals surface area contributed by atoms with Crippen LogP contribution in [0.15, 0.2) is 30.5 Å². The van der Waals surface area contributed by atoms with Gasteiger partial charge in [-0.05, 0) is 42.2 Å². The molecule has 1 aliphatic carbocycles. The number of hydrogen-bond donors (Lipinski definition) is 0. The molecule has 31 heavy (non-hydrogen) atoms. The van der Waals surface area contributed by atoms with Crippen LogP contribution in [0, 0.1) is 17.8 Å². The Morgan fingerprint density at radius 1 is 0.806 bits per heavy atom. The maximum atomic E-state index is 14.7. The van der Waals surface area contributed by atoms with Crippen molar-refractivity contribution in [3.63, 3.8) is 0 Å². The van der Waals surface area contributed by atoms with E-state index in [0.717, 1.165) is 36.7 Å². The van der Waals surface area contributed by atoms with Crippen molar-refractivity contribution >= 4 is 0 Å². The van der Waals surface area contributed by atoms with E-state index in [1.165, 1.54) is 76.2 Å². The van der Waals surface area contributed by atoms with Crippen LogP contribution in [-0.4, -0.2) is 9.97 Å². The van der Waals surface area contributed by atoms with E-state index in [1.807, 2.05) is 12.1 Å². The van der Waals surface area contributed by atoms with Gasteiger partial charge in [-0.3, -0.25) is 0 Å². The highest BCUT2D eigenvalue weighted by atomic mass is 19.1. The van der Waals surface area contributed by atoms with Gasteiger partial charge in [0.15, 0.2) is 0 Å². The highest BCUT2D eigenvalue weighted by Gasteiger charge is 2.21. The first-order valence-corrected chi connectivity index (χ1v) is 12.8. The van der Waals surface area contributed by atoms with Crippen molar-refractivity contribution in [3.8, 4) is 11.1 Å². The predicted molar refractivity (Wildman–Crippen MR) is 129 cm³/mol. The molecule has 1 aromatic heterocycles. The molecule has 3 heteroatoms. The van der Waals surface area contributed by atoms with E-state index in [0.29, 0.717) is 11.4 Å². The summed E-state index contributed by atoms with van der Waals surface area (Å²) in [5.74, 6) is 1.96. The van der Waals surface area contributed by atoms with Crippen LogP contribution in [0.2, 0.25) is 0 Å². The molecule has 0 spiro atoms. The maximum Gasteiger partial charge on any atom is 0.224 e. The minimum absolute atomic E-state index is 0.385. The van der Waals surface area contributed by atoms with Crippen molar-refractivity contribution in [2.45, 2.75) is 104 Å². The summed E-state index contributed by atoms with van der Waals surface area (Å²) in [7, 11) is 0. The lowest BCUT2D eigenvalue weighted by atomic mass is 9.78. The lowest BCUT2D eigenvalue weighted by molar-refractivity contribution is 0.251. The molecule has 1 aliphatic rings. The summed E-state index contributed by atoms with van der Waals surface area (Å²) in [4.78, 5) is 8.70. The van der Waals surface area contributed by atoms with Gasteiger partial charge >= 0.3 is 0 Å². The van der Waals surface area contributed by atoms with Gasteiger partial charge in [-0.15, -0.1) is 0 Å². The van der Waals surface area contributed by atoms with Crippen molar-refractivity contribution in [3.05, 3.63) is 47.8 Å². The fourth-order valence-electron chi connectivity index (χ4n) is 5.04. The highest BCUT2D eigenvalue weighted by Crippen LogP contribution is 2.33. The molecule has 0 N–H and O–H groups in total. The fourth-order valence-corrected chi connectivity index (χ4v) is 5.04. The zero-order valence-corrected chi connectivity index (χ0v) is 19.7. The van der Waals surface area contributed by atoms with E-state index in [9.17, 15) is 4.39 Å². The Balaban J connectivity index is 1.48. The number of benzene rings is 1. The number of hydrogen-bond acceptors (Lipinski definition) is 2. The van der Waals surface area contributed by atoms with Crippen molar-refractivity contribution < 1.29 is 4.39 Å². The highest BCUT2D eigenvalue weighted by molar-refractivity contribution is 5.62. The lowest BCUT2D eigenvalue weighted by Crippen LogP contribution is -2.15. The molecule has 0 aliphatic heterocycles. The summed E-state index contributed by atoms with van der Waals surface area (Å²) >= 11 is 0. The normalized spacial score (nSPS) is 18.9. The lowest BCUT2D eigenvalue weighted by Gasteiger charge is -2.28. The molecule has 0 atom stereocenters. The van der Waals surface area contributed by atoms with E-state index >= 15 is 0 Å². The molecule has 0 radical (unpaired) electrons. The summed E-state index contributed by atoms with van der Waals surface area (Å²) in [5.41, 5.74) is 2.71. The van der Waals surface area contributed by atoms with Gasteiger partial charge in [-0.1, -0.05) is 102 Å². The summed E-state index contributed by atoms with van der Waals surface area (Å²) in [6.45, 7) is 4.53. The first-order valence-electron chi connectivity index (χ1n) is 12.8. The van der Waals surface area contributed by atoms with Gasteiger partial charge in [-0.25, -0.2) is 9.97 Å². The van der Waals surface area contributed by atoms with E-state index in [2.05, 4.69) is 35.9 Å². The molecular formula is C28H41FN2. The molecule has 1 fully saturated rings. The summed E-state index contributed by atoms with van der Waals surface area (Å²) in [6.07, 6.45) is 19.1. The Bertz CT molecular complexity index is 763. The molecule has 0 bridgehead atoms. The third-order valence-corrected chi connectivity index (χ3v) is 7.07. The first-order chi connectivity index (χ1) is 15.2. The number of halogens is 1. The third-order valence-electron chi connectivity index (χ3n) is 7.07. The van der Waals surface area contributed by atoms with Gasteiger partial charge in [0, 0.05) is 12.6 Å². The second kappa shape index (κ2) is 12.9. The summed E-state index contributed by atoms with van der Waals surface area (Å²) in [5, 5.41) is 0. The Labute approximate surface area is 189 Å². The Morgan fingerprint density at radius 2 is 1.48 bits per heavy atom. The molecule has 0 saturated heterocycles. The number of aryl methyl sites for hydroxylation is 2. The van der Waals surface area contributed by atoms with Gasteiger partial charge in [0.05, 0.1) is 5.56 Å². The van der Waals surface area contributed by atoms with Crippen LogP contribution in [0.5, 0.6) is 0 Å². The minimum atomic E-state index is -0.385. The monoisotopic (exact) mass is 424 g/mol. The molecule has 2 aromatic rings. The fraction of sp³-hybridized carbons (Fsp3) is 0.643. The number of nitrogens with zero attached hydrogens (tertiary/aromatic N) is 2. The second-order valence-corrected chi connectivity index (χ2v) is 9.57. The quantitative estimate of drug-likeness (QED) is 0.253. The van der Waals surface area contributed by atoms with Gasteiger partial charge in [0.25, 0.3) is 0 Å². The van der Waals surface area contributed by atoms with Crippen molar-refractivity contribution in [1.82, 2.24) is 9.97 Å². The molecule has 3 rings (SSSR count). The minimum Gasteiger partial charge on any atom is -0.241 e. The van der Waals surface area contributed by atoms with Crippen molar-refractivity contribution in [1.29, 1.82) is 0 Å². The molecule has 170 valence electrons. The first kappa shape index (κ1) is 23.9.